The van der Waals surface area contributed by atoms with E-state index in [1.54, 1.807) is 36.4 Å². The number of phenols is 1. The van der Waals surface area contributed by atoms with E-state index in [0.717, 1.165) is 0 Å². The van der Waals surface area contributed by atoms with Crippen LogP contribution >= 0.6 is 0 Å². The third kappa shape index (κ3) is 2.56. The van der Waals surface area contributed by atoms with E-state index in [9.17, 15) is 14.3 Å². The van der Waals surface area contributed by atoms with Crippen LogP contribution in [0.4, 0.5) is 4.39 Å². The van der Waals surface area contributed by atoms with Gasteiger partial charge < -0.3 is 9.84 Å². The summed E-state index contributed by atoms with van der Waals surface area (Å²) in [4.78, 5) is 11.9. The van der Waals surface area contributed by atoms with E-state index < -0.39 is 17.5 Å². The number of carbonyl (C=O) groups is 1. The fraction of sp³-hybridized carbons (Fsp3) is 0. The van der Waals surface area contributed by atoms with Crippen LogP contribution in [0, 0.1) is 5.82 Å². The highest BCUT2D eigenvalue weighted by Crippen LogP contribution is 2.28. The summed E-state index contributed by atoms with van der Waals surface area (Å²) in [6.07, 6.45) is 0. The molecule has 0 aliphatic rings. The zero-order valence-corrected chi connectivity index (χ0v) is 10.9. The van der Waals surface area contributed by atoms with Gasteiger partial charge in [-0.05, 0) is 41.8 Å². The second-order valence-electron chi connectivity index (χ2n) is 4.54. The molecule has 0 aliphatic heterocycles. The van der Waals surface area contributed by atoms with E-state index >= 15 is 0 Å². The number of phenolic OH excluding ortho intramolecular Hbond substituents is 1. The molecule has 0 unspecified atom stereocenters. The molecule has 0 fully saturated rings. The summed E-state index contributed by atoms with van der Waals surface area (Å²) in [6, 6.07) is 15.9. The molecule has 0 aliphatic carbocycles. The van der Waals surface area contributed by atoms with Gasteiger partial charge >= 0.3 is 5.97 Å². The smallest absolute Gasteiger partial charge is 0.343 e. The summed E-state index contributed by atoms with van der Waals surface area (Å²) in [5.41, 5.74) is 0.439. The molecule has 0 spiro atoms. The molecule has 0 saturated carbocycles. The second-order valence-corrected chi connectivity index (χ2v) is 4.54. The standard InChI is InChI=1S/C17H11FO3/c18-16-14-8-7-13(10-12(14)6-9-15(16)19)21-17(20)11-4-2-1-3-5-11/h1-10,19H. The quantitative estimate of drug-likeness (QED) is 0.572. The minimum atomic E-state index is -0.687. The summed E-state index contributed by atoms with van der Waals surface area (Å²) in [5, 5.41) is 10.1. The molecule has 0 atom stereocenters. The van der Waals surface area contributed by atoms with Crippen molar-refractivity contribution >= 4 is 16.7 Å². The summed E-state index contributed by atoms with van der Waals surface area (Å²) in [6.45, 7) is 0. The number of halogens is 1. The lowest BCUT2D eigenvalue weighted by Gasteiger charge is -2.07. The summed E-state index contributed by atoms with van der Waals surface area (Å²) in [5.74, 6) is -1.25. The first-order chi connectivity index (χ1) is 10.1. The van der Waals surface area contributed by atoms with Crippen molar-refractivity contribution < 1.29 is 19.0 Å². The van der Waals surface area contributed by atoms with E-state index in [1.165, 1.54) is 18.2 Å². The highest BCUT2D eigenvalue weighted by Gasteiger charge is 2.10. The Hall–Kier alpha value is -2.88. The number of aromatic hydroxyl groups is 1. The molecule has 3 nitrogen and oxygen atoms in total. The van der Waals surface area contributed by atoms with Crippen LogP contribution in [-0.2, 0) is 0 Å². The van der Waals surface area contributed by atoms with Gasteiger partial charge in [0.1, 0.15) is 5.75 Å². The Bertz CT molecular complexity index is 813. The Morgan fingerprint density at radius 1 is 1.00 bits per heavy atom. The second kappa shape index (κ2) is 5.25. The van der Waals surface area contributed by atoms with Gasteiger partial charge in [-0.3, -0.25) is 0 Å². The summed E-state index contributed by atoms with van der Waals surface area (Å²) < 4.78 is 19.0. The van der Waals surface area contributed by atoms with Crippen molar-refractivity contribution in [3.63, 3.8) is 0 Å². The van der Waals surface area contributed by atoms with Crippen LogP contribution in [-0.4, -0.2) is 11.1 Å². The van der Waals surface area contributed by atoms with Gasteiger partial charge in [-0.2, -0.15) is 0 Å². The largest absolute Gasteiger partial charge is 0.505 e. The molecule has 21 heavy (non-hydrogen) atoms. The van der Waals surface area contributed by atoms with Crippen LogP contribution in [0.1, 0.15) is 10.4 Å². The Balaban J connectivity index is 1.92. The predicted octanol–water partition coefficient (Wildman–Crippen LogP) is 3.90. The predicted molar refractivity (Wildman–Crippen MR) is 77.0 cm³/mol. The van der Waals surface area contributed by atoms with Crippen LogP contribution in [0.2, 0.25) is 0 Å². The molecule has 3 rings (SSSR count). The minimum Gasteiger partial charge on any atom is -0.505 e. The average molecular weight is 282 g/mol. The van der Waals surface area contributed by atoms with E-state index in [0.29, 0.717) is 16.7 Å². The van der Waals surface area contributed by atoms with Gasteiger partial charge in [-0.1, -0.05) is 24.3 Å². The van der Waals surface area contributed by atoms with Crippen molar-refractivity contribution in [1.82, 2.24) is 0 Å². The van der Waals surface area contributed by atoms with Crippen LogP contribution in [0.5, 0.6) is 11.5 Å². The Morgan fingerprint density at radius 2 is 1.76 bits per heavy atom. The van der Waals surface area contributed by atoms with Gasteiger partial charge in [0.05, 0.1) is 5.56 Å². The third-order valence-corrected chi connectivity index (χ3v) is 3.13. The summed E-state index contributed by atoms with van der Waals surface area (Å²) >= 11 is 0. The Labute approximate surface area is 120 Å². The van der Waals surface area contributed by atoms with Gasteiger partial charge in [0.25, 0.3) is 0 Å². The maximum atomic E-state index is 13.7. The highest BCUT2D eigenvalue weighted by atomic mass is 19.1. The number of benzene rings is 3. The highest BCUT2D eigenvalue weighted by molar-refractivity contribution is 5.92. The normalized spacial score (nSPS) is 10.5. The maximum Gasteiger partial charge on any atom is 0.343 e. The molecule has 4 heteroatoms. The topological polar surface area (TPSA) is 46.5 Å². The van der Waals surface area contributed by atoms with Crippen molar-refractivity contribution in [3.8, 4) is 11.5 Å². The number of carbonyl (C=O) groups excluding carboxylic acids is 1. The van der Waals surface area contributed by atoms with Crippen molar-refractivity contribution in [2.75, 3.05) is 0 Å². The van der Waals surface area contributed by atoms with Crippen molar-refractivity contribution in [3.05, 3.63) is 72.0 Å². The molecule has 0 saturated heterocycles. The minimum absolute atomic E-state index is 0.273. The van der Waals surface area contributed by atoms with Gasteiger partial charge in [-0.15, -0.1) is 0 Å². The molecule has 0 heterocycles. The first-order valence-electron chi connectivity index (χ1n) is 6.33. The van der Waals surface area contributed by atoms with Crippen LogP contribution in [0.15, 0.2) is 60.7 Å². The van der Waals surface area contributed by atoms with E-state index in [2.05, 4.69) is 0 Å². The number of rotatable bonds is 2. The molecule has 3 aromatic rings. The van der Waals surface area contributed by atoms with Crippen LogP contribution < -0.4 is 4.74 Å². The number of fused-ring (bicyclic) bond motifs is 1. The first-order valence-corrected chi connectivity index (χ1v) is 6.33. The first kappa shape index (κ1) is 13.1. The van der Waals surface area contributed by atoms with Crippen molar-refractivity contribution in [1.29, 1.82) is 0 Å². The third-order valence-electron chi connectivity index (χ3n) is 3.13. The molecule has 0 bridgehead atoms. The zero-order chi connectivity index (χ0) is 14.8. The molecule has 104 valence electrons. The summed E-state index contributed by atoms with van der Waals surface area (Å²) in [7, 11) is 0. The number of ether oxygens (including phenoxy) is 1. The average Bonchev–Trinajstić information content (AvgIpc) is 2.52. The number of hydrogen-bond acceptors (Lipinski definition) is 3. The fourth-order valence-corrected chi connectivity index (χ4v) is 2.06. The molecule has 1 N–H and O–H groups in total. The lowest BCUT2D eigenvalue weighted by Crippen LogP contribution is -2.07. The Kier molecular flexibility index (Phi) is 3.28. The molecular formula is C17H11FO3. The van der Waals surface area contributed by atoms with Crippen LogP contribution in [0.3, 0.4) is 0 Å². The van der Waals surface area contributed by atoms with E-state index in [-0.39, 0.29) is 5.39 Å². The van der Waals surface area contributed by atoms with Gasteiger partial charge in [-0.25, -0.2) is 9.18 Å². The van der Waals surface area contributed by atoms with Gasteiger partial charge in [0.15, 0.2) is 11.6 Å². The molecular weight excluding hydrogens is 271 g/mol. The lowest BCUT2D eigenvalue weighted by molar-refractivity contribution is 0.0735. The van der Waals surface area contributed by atoms with Crippen molar-refractivity contribution in [2.24, 2.45) is 0 Å². The monoisotopic (exact) mass is 282 g/mol. The van der Waals surface area contributed by atoms with E-state index in [4.69, 9.17) is 4.74 Å². The molecule has 0 aromatic heterocycles. The molecule has 0 amide bonds. The molecule has 3 aromatic carbocycles. The van der Waals surface area contributed by atoms with E-state index in [1.807, 2.05) is 6.07 Å². The fourth-order valence-electron chi connectivity index (χ4n) is 2.06. The zero-order valence-electron chi connectivity index (χ0n) is 10.9. The lowest BCUT2D eigenvalue weighted by atomic mass is 10.1. The van der Waals surface area contributed by atoms with Crippen LogP contribution in [0.25, 0.3) is 10.8 Å². The SMILES string of the molecule is O=C(Oc1ccc2c(F)c(O)ccc2c1)c1ccccc1. The number of hydrogen-bond donors (Lipinski definition) is 1. The maximum absolute atomic E-state index is 13.7. The van der Waals surface area contributed by atoms with Crippen molar-refractivity contribution in [2.45, 2.75) is 0 Å². The number of esters is 1. The van der Waals surface area contributed by atoms with Gasteiger partial charge in [0.2, 0.25) is 0 Å². The molecule has 0 radical (unpaired) electrons. The van der Waals surface area contributed by atoms with Gasteiger partial charge in [0, 0.05) is 5.39 Å². The Morgan fingerprint density at radius 3 is 2.52 bits per heavy atom.